The largest absolute Gasteiger partial charge is 0.396 e. The molecule has 1 saturated heterocycles. The van der Waals surface area contributed by atoms with Gasteiger partial charge in [-0.25, -0.2) is 0 Å². The molecule has 20 heavy (non-hydrogen) atoms. The molecule has 5 heteroatoms. The number of aliphatic hydroxyl groups is 3. The van der Waals surface area contributed by atoms with Gasteiger partial charge in [-0.1, -0.05) is 24.3 Å². The third-order valence-electron chi connectivity index (χ3n) is 4.13. The van der Waals surface area contributed by atoms with Gasteiger partial charge in [-0.05, 0) is 18.4 Å². The van der Waals surface area contributed by atoms with Crippen molar-refractivity contribution in [1.82, 2.24) is 0 Å². The summed E-state index contributed by atoms with van der Waals surface area (Å²) in [4.78, 5) is 0. The highest BCUT2D eigenvalue weighted by Crippen LogP contribution is 2.43. The maximum absolute atomic E-state index is 10.4. The number of hydrogen-bond acceptors (Lipinski definition) is 5. The third kappa shape index (κ3) is 2.16. The Kier molecular flexibility index (Phi) is 3.79. The van der Waals surface area contributed by atoms with Crippen molar-refractivity contribution in [2.45, 2.75) is 43.4 Å². The van der Waals surface area contributed by atoms with Gasteiger partial charge in [-0.3, -0.25) is 0 Å². The minimum atomic E-state index is -1.31. The van der Waals surface area contributed by atoms with Crippen LogP contribution in [0.3, 0.4) is 0 Å². The van der Waals surface area contributed by atoms with Crippen molar-refractivity contribution in [2.24, 2.45) is 0 Å². The summed E-state index contributed by atoms with van der Waals surface area (Å²) in [6.07, 6.45) is -0.907. The quantitative estimate of drug-likeness (QED) is 0.726. The van der Waals surface area contributed by atoms with E-state index in [1.54, 1.807) is 0 Å². The SMILES string of the molecule is OCCC1CC(O)C(O)[C@]2(OCCc3ccccc32)O1. The van der Waals surface area contributed by atoms with Gasteiger partial charge in [0.2, 0.25) is 5.79 Å². The zero-order valence-corrected chi connectivity index (χ0v) is 11.2. The second kappa shape index (κ2) is 5.42. The number of ether oxygens (including phenoxy) is 2. The Balaban J connectivity index is 2.01. The average Bonchev–Trinajstić information content (AvgIpc) is 2.45. The van der Waals surface area contributed by atoms with Gasteiger partial charge in [-0.15, -0.1) is 0 Å². The van der Waals surface area contributed by atoms with Gasteiger partial charge in [0.05, 0.1) is 18.8 Å². The summed E-state index contributed by atoms with van der Waals surface area (Å²) >= 11 is 0. The molecule has 0 saturated carbocycles. The van der Waals surface area contributed by atoms with Crippen LogP contribution in [0.2, 0.25) is 0 Å². The molecule has 0 aromatic heterocycles. The Bertz CT molecular complexity index is 477. The third-order valence-corrected chi connectivity index (χ3v) is 4.13. The Hall–Kier alpha value is -0.980. The fourth-order valence-corrected chi connectivity index (χ4v) is 3.15. The summed E-state index contributed by atoms with van der Waals surface area (Å²) in [5.41, 5.74) is 1.84. The molecule has 1 fully saturated rings. The molecule has 3 N–H and O–H groups in total. The molecule has 0 aliphatic carbocycles. The standard InChI is InChI=1S/C15H20O5/c16-7-5-11-9-13(17)14(18)15(20-11)12-4-2-1-3-10(12)6-8-19-15/h1-4,11,13-14,16-18H,5-9H2/t11?,13?,14?,15-/m1/s1. The maximum Gasteiger partial charge on any atom is 0.225 e. The van der Waals surface area contributed by atoms with Crippen LogP contribution in [0.1, 0.15) is 24.0 Å². The fraction of sp³-hybridized carbons (Fsp3) is 0.600. The van der Waals surface area contributed by atoms with Crippen molar-refractivity contribution in [2.75, 3.05) is 13.2 Å². The van der Waals surface area contributed by atoms with Gasteiger partial charge in [0.25, 0.3) is 0 Å². The Morgan fingerprint density at radius 2 is 2.05 bits per heavy atom. The molecule has 3 unspecified atom stereocenters. The van der Waals surface area contributed by atoms with E-state index >= 15 is 0 Å². The second-order valence-electron chi connectivity index (χ2n) is 5.42. The molecule has 0 bridgehead atoms. The molecule has 4 atom stereocenters. The van der Waals surface area contributed by atoms with Crippen molar-refractivity contribution in [3.63, 3.8) is 0 Å². The number of fused-ring (bicyclic) bond motifs is 2. The van der Waals surface area contributed by atoms with Gasteiger partial charge in [0.15, 0.2) is 0 Å². The highest BCUT2D eigenvalue weighted by atomic mass is 16.7. The predicted octanol–water partition coefficient (Wildman–Crippen LogP) is 0.305. The van der Waals surface area contributed by atoms with Crippen LogP contribution in [0.5, 0.6) is 0 Å². The van der Waals surface area contributed by atoms with E-state index in [-0.39, 0.29) is 12.7 Å². The van der Waals surface area contributed by atoms with Crippen LogP contribution in [0.15, 0.2) is 24.3 Å². The van der Waals surface area contributed by atoms with Gasteiger partial charge < -0.3 is 24.8 Å². The number of hydrogen-bond donors (Lipinski definition) is 3. The molecular weight excluding hydrogens is 260 g/mol. The monoisotopic (exact) mass is 280 g/mol. The summed E-state index contributed by atoms with van der Waals surface area (Å²) in [5.74, 6) is -1.31. The lowest BCUT2D eigenvalue weighted by Crippen LogP contribution is -2.59. The first-order valence-corrected chi connectivity index (χ1v) is 7.04. The summed E-state index contributed by atoms with van der Waals surface area (Å²) in [5, 5.41) is 29.6. The fourth-order valence-electron chi connectivity index (χ4n) is 3.15. The Morgan fingerprint density at radius 3 is 2.85 bits per heavy atom. The Morgan fingerprint density at radius 1 is 1.25 bits per heavy atom. The van der Waals surface area contributed by atoms with Crippen LogP contribution >= 0.6 is 0 Å². The van der Waals surface area contributed by atoms with E-state index in [1.807, 2.05) is 24.3 Å². The zero-order chi connectivity index (χ0) is 14.2. The number of benzene rings is 1. The molecule has 0 radical (unpaired) electrons. The average molecular weight is 280 g/mol. The molecule has 1 aromatic carbocycles. The van der Waals surface area contributed by atoms with Crippen molar-refractivity contribution < 1.29 is 24.8 Å². The van der Waals surface area contributed by atoms with E-state index in [0.717, 1.165) is 17.5 Å². The van der Waals surface area contributed by atoms with Gasteiger partial charge in [0, 0.05) is 18.6 Å². The molecule has 5 nitrogen and oxygen atoms in total. The maximum atomic E-state index is 10.4. The molecule has 1 spiro atoms. The number of rotatable bonds is 2. The molecule has 2 heterocycles. The minimum absolute atomic E-state index is 0.0226. The molecule has 110 valence electrons. The van der Waals surface area contributed by atoms with E-state index in [1.165, 1.54) is 0 Å². The number of aliphatic hydroxyl groups excluding tert-OH is 3. The summed E-state index contributed by atoms with van der Waals surface area (Å²) in [7, 11) is 0. The van der Waals surface area contributed by atoms with Crippen LogP contribution in [-0.4, -0.2) is 46.8 Å². The summed E-state index contributed by atoms with van der Waals surface area (Å²) < 4.78 is 11.8. The molecule has 1 aromatic rings. The van der Waals surface area contributed by atoms with Crippen LogP contribution in [0.25, 0.3) is 0 Å². The minimum Gasteiger partial charge on any atom is -0.396 e. The molecular formula is C15H20O5. The zero-order valence-electron chi connectivity index (χ0n) is 11.2. The van der Waals surface area contributed by atoms with Gasteiger partial charge in [-0.2, -0.15) is 0 Å². The van der Waals surface area contributed by atoms with Crippen molar-refractivity contribution in [3.05, 3.63) is 35.4 Å². The predicted molar refractivity (Wildman–Crippen MR) is 71.0 cm³/mol. The highest BCUT2D eigenvalue weighted by Gasteiger charge is 2.53. The first-order valence-electron chi connectivity index (χ1n) is 7.04. The lowest BCUT2D eigenvalue weighted by atomic mass is 9.84. The topological polar surface area (TPSA) is 79.2 Å². The van der Waals surface area contributed by atoms with Crippen LogP contribution < -0.4 is 0 Å². The van der Waals surface area contributed by atoms with Crippen molar-refractivity contribution in [1.29, 1.82) is 0 Å². The van der Waals surface area contributed by atoms with Crippen molar-refractivity contribution in [3.8, 4) is 0 Å². The molecule has 2 aliphatic rings. The van der Waals surface area contributed by atoms with E-state index in [9.17, 15) is 10.2 Å². The van der Waals surface area contributed by atoms with E-state index in [2.05, 4.69) is 0 Å². The van der Waals surface area contributed by atoms with E-state index < -0.39 is 18.0 Å². The van der Waals surface area contributed by atoms with Crippen LogP contribution in [0.4, 0.5) is 0 Å². The molecule has 2 aliphatic heterocycles. The summed E-state index contributed by atoms with van der Waals surface area (Å²) in [6, 6.07) is 7.66. The molecule has 0 amide bonds. The summed E-state index contributed by atoms with van der Waals surface area (Å²) in [6.45, 7) is 0.415. The second-order valence-corrected chi connectivity index (χ2v) is 5.42. The first kappa shape index (κ1) is 14.0. The van der Waals surface area contributed by atoms with Crippen molar-refractivity contribution >= 4 is 0 Å². The highest BCUT2D eigenvalue weighted by molar-refractivity contribution is 5.34. The van der Waals surface area contributed by atoms with Crippen LogP contribution in [-0.2, 0) is 21.7 Å². The van der Waals surface area contributed by atoms with E-state index in [4.69, 9.17) is 14.6 Å². The van der Waals surface area contributed by atoms with Crippen LogP contribution in [0, 0.1) is 0 Å². The lowest BCUT2D eigenvalue weighted by Gasteiger charge is -2.48. The Labute approximate surface area is 117 Å². The lowest BCUT2D eigenvalue weighted by molar-refractivity contribution is -0.355. The van der Waals surface area contributed by atoms with Gasteiger partial charge in [0.1, 0.15) is 6.10 Å². The van der Waals surface area contributed by atoms with Gasteiger partial charge >= 0.3 is 0 Å². The van der Waals surface area contributed by atoms with E-state index in [0.29, 0.717) is 19.4 Å². The first-order chi connectivity index (χ1) is 9.67. The normalized spacial score (nSPS) is 36.9. The smallest absolute Gasteiger partial charge is 0.225 e. The molecule has 3 rings (SSSR count).